The lowest BCUT2D eigenvalue weighted by Crippen LogP contribution is -2.21. The lowest BCUT2D eigenvalue weighted by atomic mass is 10.2. The van der Waals surface area contributed by atoms with Gasteiger partial charge in [-0.05, 0) is 48.0 Å². The first-order valence-corrected chi connectivity index (χ1v) is 9.66. The van der Waals surface area contributed by atoms with Crippen LogP contribution in [0, 0.1) is 0 Å². The highest BCUT2D eigenvalue weighted by Gasteiger charge is 2.05. The number of halogens is 1. The van der Waals surface area contributed by atoms with Crippen LogP contribution in [-0.4, -0.2) is 26.2 Å². The molecule has 6 heteroatoms. The summed E-state index contributed by atoms with van der Waals surface area (Å²) >= 11 is 6.08. The van der Waals surface area contributed by atoms with Crippen molar-refractivity contribution in [2.75, 3.05) is 30.9 Å². The summed E-state index contributed by atoms with van der Waals surface area (Å²) in [5, 5.41) is 6.37. The average molecular weight is 411 g/mol. The molecule has 1 amide bonds. The number of carbonyl (C=O) groups excluding carboxylic acids is 1. The van der Waals surface area contributed by atoms with E-state index in [1.807, 2.05) is 42.5 Å². The molecule has 0 unspecified atom stereocenters. The molecule has 2 N–H and O–H groups in total. The molecule has 5 nitrogen and oxygen atoms in total. The minimum Gasteiger partial charge on any atom is -0.495 e. The zero-order chi connectivity index (χ0) is 20.5. The normalized spacial score (nSPS) is 10.3. The molecule has 0 aliphatic rings. The van der Waals surface area contributed by atoms with Crippen LogP contribution in [0.4, 0.5) is 11.4 Å². The topological polar surface area (TPSA) is 59.6 Å². The van der Waals surface area contributed by atoms with Crippen molar-refractivity contribution >= 4 is 28.9 Å². The molecule has 0 bridgehead atoms. The van der Waals surface area contributed by atoms with Gasteiger partial charge in [0, 0.05) is 17.8 Å². The third kappa shape index (κ3) is 6.43. The van der Waals surface area contributed by atoms with E-state index in [-0.39, 0.29) is 12.5 Å². The number of nitrogens with one attached hydrogen (secondary N) is 2. The highest BCUT2D eigenvalue weighted by atomic mass is 35.5. The first-order valence-electron chi connectivity index (χ1n) is 9.28. The van der Waals surface area contributed by atoms with Crippen LogP contribution in [0.1, 0.15) is 5.56 Å². The van der Waals surface area contributed by atoms with E-state index in [1.165, 1.54) is 5.56 Å². The third-order valence-corrected chi connectivity index (χ3v) is 4.54. The zero-order valence-corrected chi connectivity index (χ0v) is 16.9. The molecule has 150 valence electrons. The van der Waals surface area contributed by atoms with Crippen molar-refractivity contribution in [2.24, 2.45) is 0 Å². The number of ether oxygens (including phenoxy) is 2. The summed E-state index contributed by atoms with van der Waals surface area (Å²) in [6.45, 7) is 0.724. The van der Waals surface area contributed by atoms with E-state index in [0.29, 0.717) is 23.1 Å². The van der Waals surface area contributed by atoms with E-state index < -0.39 is 0 Å². The van der Waals surface area contributed by atoms with Gasteiger partial charge < -0.3 is 20.1 Å². The van der Waals surface area contributed by atoms with Gasteiger partial charge in [-0.3, -0.25) is 4.79 Å². The first kappa shape index (κ1) is 20.6. The van der Waals surface area contributed by atoms with Crippen molar-refractivity contribution < 1.29 is 14.3 Å². The predicted molar refractivity (Wildman–Crippen MR) is 117 cm³/mol. The molecule has 0 aromatic heterocycles. The zero-order valence-electron chi connectivity index (χ0n) is 16.2. The van der Waals surface area contributed by atoms with E-state index in [1.54, 1.807) is 25.3 Å². The van der Waals surface area contributed by atoms with Crippen LogP contribution < -0.4 is 20.1 Å². The number of methoxy groups -OCH3 is 1. The van der Waals surface area contributed by atoms with Crippen molar-refractivity contribution in [3.05, 3.63) is 83.4 Å². The third-order valence-electron chi connectivity index (χ3n) is 4.25. The molecule has 0 spiro atoms. The van der Waals surface area contributed by atoms with Gasteiger partial charge in [-0.1, -0.05) is 41.9 Å². The fraction of sp³-hybridized carbons (Fsp3) is 0.174. The highest BCUT2D eigenvalue weighted by Crippen LogP contribution is 2.27. The van der Waals surface area contributed by atoms with Gasteiger partial charge in [0.25, 0.3) is 0 Å². The van der Waals surface area contributed by atoms with E-state index in [0.717, 1.165) is 17.9 Å². The Morgan fingerprint density at radius 3 is 2.38 bits per heavy atom. The smallest absolute Gasteiger partial charge is 0.243 e. The molecule has 29 heavy (non-hydrogen) atoms. The lowest BCUT2D eigenvalue weighted by Gasteiger charge is -2.10. The second-order valence-corrected chi connectivity index (χ2v) is 6.77. The molecule has 0 saturated carbocycles. The van der Waals surface area contributed by atoms with Crippen LogP contribution in [0.15, 0.2) is 72.8 Å². The van der Waals surface area contributed by atoms with Gasteiger partial charge in [0.2, 0.25) is 5.91 Å². The van der Waals surface area contributed by atoms with Crippen LogP contribution in [0.2, 0.25) is 5.02 Å². The van der Waals surface area contributed by atoms with Crippen LogP contribution in [-0.2, 0) is 11.2 Å². The molecule has 3 rings (SSSR count). The molecule has 0 aliphatic carbocycles. The van der Waals surface area contributed by atoms with Crippen molar-refractivity contribution in [1.82, 2.24) is 0 Å². The van der Waals surface area contributed by atoms with Gasteiger partial charge >= 0.3 is 0 Å². The van der Waals surface area contributed by atoms with Gasteiger partial charge in [-0.15, -0.1) is 0 Å². The summed E-state index contributed by atoms with van der Waals surface area (Å²) in [6.07, 6.45) is 0.848. The Kier molecular flexibility index (Phi) is 7.36. The molecule has 0 radical (unpaired) electrons. The molecule has 0 saturated heterocycles. The molecule has 3 aromatic rings. The second kappa shape index (κ2) is 10.4. The summed E-state index contributed by atoms with van der Waals surface area (Å²) < 4.78 is 10.9. The Balaban J connectivity index is 1.42. The van der Waals surface area contributed by atoms with Crippen LogP contribution >= 0.6 is 11.6 Å². The summed E-state index contributed by atoms with van der Waals surface area (Å²) in [7, 11) is 1.56. The molecule has 3 aromatic carbocycles. The minimum atomic E-state index is -0.158. The quantitative estimate of drug-likeness (QED) is 0.520. The maximum Gasteiger partial charge on any atom is 0.243 e. The number of carbonyl (C=O) groups is 1. The van der Waals surface area contributed by atoms with Gasteiger partial charge in [0.1, 0.15) is 11.5 Å². The second-order valence-electron chi connectivity index (χ2n) is 6.36. The number of hydrogen-bond acceptors (Lipinski definition) is 4. The number of rotatable bonds is 9. The Morgan fingerprint density at radius 1 is 0.966 bits per heavy atom. The number of anilines is 2. The predicted octanol–water partition coefficient (Wildman–Crippen LogP) is 5.02. The molecule has 0 atom stereocenters. The molecule has 0 heterocycles. The SMILES string of the molecule is COc1ccc(NCC(=O)Nc2ccc(OCCc3ccccc3)cc2)cc1Cl. The Morgan fingerprint density at radius 2 is 1.69 bits per heavy atom. The van der Waals surface area contributed by atoms with Crippen molar-refractivity contribution in [3.63, 3.8) is 0 Å². The molecular formula is C23H23ClN2O3. The number of amides is 1. The average Bonchev–Trinajstić information content (AvgIpc) is 2.74. The van der Waals surface area contributed by atoms with Crippen LogP contribution in [0.5, 0.6) is 11.5 Å². The minimum absolute atomic E-state index is 0.123. The Labute approximate surface area is 175 Å². The van der Waals surface area contributed by atoms with Gasteiger partial charge in [-0.2, -0.15) is 0 Å². The number of hydrogen-bond donors (Lipinski definition) is 2. The maximum atomic E-state index is 12.1. The summed E-state index contributed by atoms with van der Waals surface area (Å²) in [4.78, 5) is 12.1. The van der Waals surface area contributed by atoms with Crippen LogP contribution in [0.3, 0.4) is 0 Å². The maximum absolute atomic E-state index is 12.1. The molecule has 0 fully saturated rings. The first-order chi connectivity index (χ1) is 14.1. The summed E-state index contributed by atoms with van der Waals surface area (Å²) in [5.74, 6) is 1.20. The summed E-state index contributed by atoms with van der Waals surface area (Å²) in [6, 6.07) is 22.8. The molecule has 0 aliphatic heterocycles. The number of benzene rings is 3. The fourth-order valence-corrected chi connectivity index (χ4v) is 2.99. The van der Waals surface area contributed by atoms with E-state index >= 15 is 0 Å². The molecular weight excluding hydrogens is 388 g/mol. The van der Waals surface area contributed by atoms with E-state index in [9.17, 15) is 4.79 Å². The van der Waals surface area contributed by atoms with Gasteiger partial charge in [0.05, 0.1) is 25.3 Å². The Hall–Kier alpha value is -3.18. The van der Waals surface area contributed by atoms with E-state index in [4.69, 9.17) is 21.1 Å². The standard InChI is InChI=1S/C23H23ClN2O3/c1-28-22-12-9-19(15-21(22)24)25-16-23(27)26-18-7-10-20(11-8-18)29-14-13-17-5-3-2-4-6-17/h2-12,15,25H,13-14,16H2,1H3,(H,26,27). The highest BCUT2D eigenvalue weighted by molar-refractivity contribution is 6.32. The van der Waals surface area contributed by atoms with Crippen molar-refractivity contribution in [1.29, 1.82) is 0 Å². The fourth-order valence-electron chi connectivity index (χ4n) is 2.73. The van der Waals surface area contributed by atoms with Gasteiger partial charge in [0.15, 0.2) is 0 Å². The Bertz CT molecular complexity index is 931. The lowest BCUT2D eigenvalue weighted by molar-refractivity contribution is -0.114. The largest absolute Gasteiger partial charge is 0.495 e. The van der Waals surface area contributed by atoms with Crippen molar-refractivity contribution in [2.45, 2.75) is 6.42 Å². The van der Waals surface area contributed by atoms with Gasteiger partial charge in [-0.25, -0.2) is 0 Å². The monoisotopic (exact) mass is 410 g/mol. The summed E-state index contributed by atoms with van der Waals surface area (Å²) in [5.41, 5.74) is 2.69. The van der Waals surface area contributed by atoms with Crippen molar-refractivity contribution in [3.8, 4) is 11.5 Å². The van der Waals surface area contributed by atoms with Crippen LogP contribution in [0.25, 0.3) is 0 Å². The van der Waals surface area contributed by atoms with E-state index in [2.05, 4.69) is 22.8 Å².